The van der Waals surface area contributed by atoms with Crippen LogP contribution in [-0.2, 0) is 14.8 Å². The Balaban J connectivity index is 2.82. The van der Waals surface area contributed by atoms with Gasteiger partial charge in [0.2, 0.25) is 15.9 Å². The monoisotopic (exact) mass is 470 g/mol. The lowest BCUT2D eigenvalue weighted by Crippen LogP contribution is -2.46. The van der Waals surface area contributed by atoms with Crippen LogP contribution in [0.2, 0.25) is 15.1 Å². The molecule has 0 aliphatic rings. The molecule has 0 spiro atoms. The van der Waals surface area contributed by atoms with E-state index in [4.69, 9.17) is 34.8 Å². The highest BCUT2D eigenvalue weighted by Gasteiger charge is 2.27. The second kappa shape index (κ2) is 9.41. The summed E-state index contributed by atoms with van der Waals surface area (Å²) in [7, 11) is -3.61. The SMILES string of the molecule is CC(C)(C)CC(C)(C)NC(=O)CCCN(c1cc(Cl)c(Cl)cc1Cl)S(C)(=O)=O. The van der Waals surface area contributed by atoms with Gasteiger partial charge in [-0.2, -0.15) is 0 Å². The third-order valence-corrected chi connectivity index (χ3v) is 6.08. The Hall–Kier alpha value is -0.690. The quantitative estimate of drug-likeness (QED) is 0.507. The smallest absolute Gasteiger partial charge is 0.232 e. The van der Waals surface area contributed by atoms with Crippen molar-refractivity contribution in [2.24, 2.45) is 5.41 Å². The van der Waals surface area contributed by atoms with E-state index in [0.29, 0.717) is 6.42 Å². The number of amides is 1. The number of halogens is 3. The number of hydrogen-bond acceptors (Lipinski definition) is 3. The van der Waals surface area contributed by atoms with E-state index in [0.717, 1.165) is 17.0 Å². The molecule has 9 heteroatoms. The van der Waals surface area contributed by atoms with Crippen LogP contribution >= 0.6 is 34.8 Å². The second-order valence-corrected chi connectivity index (χ2v) is 12.0. The Morgan fingerprint density at radius 2 is 1.57 bits per heavy atom. The van der Waals surface area contributed by atoms with Gasteiger partial charge < -0.3 is 5.32 Å². The third kappa shape index (κ3) is 8.36. The standard InChI is InChI=1S/C19H29Cl3N2O3S/c1-18(2,3)12-19(4,5)23-17(25)8-7-9-24(28(6,26)27)16-11-14(21)13(20)10-15(16)22/h10-11H,7-9,12H2,1-6H3,(H,23,25). The molecule has 1 aromatic rings. The molecule has 1 rings (SSSR count). The Morgan fingerprint density at radius 1 is 1.04 bits per heavy atom. The van der Waals surface area contributed by atoms with Gasteiger partial charge >= 0.3 is 0 Å². The zero-order chi connectivity index (χ0) is 21.9. The number of carbonyl (C=O) groups excluding carboxylic acids is 1. The molecule has 0 aliphatic heterocycles. The molecule has 0 radical (unpaired) electrons. The van der Waals surface area contributed by atoms with Gasteiger partial charge in [-0.1, -0.05) is 55.6 Å². The van der Waals surface area contributed by atoms with E-state index < -0.39 is 10.0 Å². The summed E-state index contributed by atoms with van der Waals surface area (Å²) in [6.07, 6.45) is 2.43. The van der Waals surface area contributed by atoms with Gasteiger partial charge in [-0.05, 0) is 44.2 Å². The van der Waals surface area contributed by atoms with Crippen LogP contribution in [0.3, 0.4) is 0 Å². The fourth-order valence-electron chi connectivity index (χ4n) is 3.36. The van der Waals surface area contributed by atoms with E-state index in [1.54, 1.807) is 0 Å². The fourth-order valence-corrected chi connectivity index (χ4v) is 5.02. The van der Waals surface area contributed by atoms with E-state index in [9.17, 15) is 13.2 Å². The largest absolute Gasteiger partial charge is 0.351 e. The van der Waals surface area contributed by atoms with Gasteiger partial charge in [0, 0.05) is 18.5 Å². The first-order chi connectivity index (χ1) is 12.5. The lowest BCUT2D eigenvalue weighted by molar-refractivity contribution is -0.123. The molecule has 0 saturated carbocycles. The van der Waals surface area contributed by atoms with Gasteiger partial charge in [0.25, 0.3) is 0 Å². The van der Waals surface area contributed by atoms with Gasteiger partial charge in [0.05, 0.1) is 27.0 Å². The summed E-state index contributed by atoms with van der Waals surface area (Å²) in [6, 6.07) is 2.82. The minimum Gasteiger partial charge on any atom is -0.351 e. The maximum absolute atomic E-state index is 12.3. The predicted molar refractivity (Wildman–Crippen MR) is 119 cm³/mol. The summed E-state index contributed by atoms with van der Waals surface area (Å²) < 4.78 is 25.6. The van der Waals surface area contributed by atoms with E-state index in [2.05, 4.69) is 26.1 Å². The van der Waals surface area contributed by atoms with Gasteiger partial charge in [-0.25, -0.2) is 8.42 Å². The third-order valence-electron chi connectivity index (χ3n) is 3.87. The van der Waals surface area contributed by atoms with Crippen molar-refractivity contribution in [2.45, 2.75) is 59.4 Å². The lowest BCUT2D eigenvalue weighted by atomic mass is 9.82. The highest BCUT2D eigenvalue weighted by atomic mass is 35.5. The molecule has 0 atom stereocenters. The number of hydrogen-bond donors (Lipinski definition) is 1. The molecule has 0 bridgehead atoms. The van der Waals surface area contributed by atoms with Crippen molar-refractivity contribution in [1.29, 1.82) is 0 Å². The maximum atomic E-state index is 12.3. The molecule has 1 amide bonds. The molecule has 160 valence electrons. The summed E-state index contributed by atoms with van der Waals surface area (Å²) in [6.45, 7) is 10.4. The van der Waals surface area contributed by atoms with Crippen LogP contribution in [0.25, 0.3) is 0 Å². The first-order valence-corrected chi connectivity index (χ1v) is 11.9. The molecule has 0 fully saturated rings. The molecular weight excluding hydrogens is 443 g/mol. The number of rotatable bonds is 8. The summed E-state index contributed by atoms with van der Waals surface area (Å²) in [4.78, 5) is 12.3. The number of nitrogens with zero attached hydrogens (tertiary/aromatic N) is 1. The zero-order valence-corrected chi connectivity index (χ0v) is 20.3. The van der Waals surface area contributed by atoms with E-state index in [-0.39, 0.29) is 50.6 Å². The highest BCUT2D eigenvalue weighted by molar-refractivity contribution is 7.92. The topological polar surface area (TPSA) is 66.5 Å². The van der Waals surface area contributed by atoms with Crippen molar-refractivity contribution in [1.82, 2.24) is 5.32 Å². The van der Waals surface area contributed by atoms with Crippen molar-refractivity contribution in [3.63, 3.8) is 0 Å². The molecule has 0 heterocycles. The normalized spacial score (nSPS) is 12.8. The minimum atomic E-state index is -3.61. The van der Waals surface area contributed by atoms with Gasteiger partial charge in [-0.15, -0.1) is 0 Å². The molecule has 1 N–H and O–H groups in total. The summed E-state index contributed by atoms with van der Waals surface area (Å²) in [5.41, 5.74) is -0.0279. The van der Waals surface area contributed by atoms with Crippen LogP contribution in [-0.4, -0.2) is 32.7 Å². The van der Waals surface area contributed by atoms with Crippen molar-refractivity contribution in [3.8, 4) is 0 Å². The Kier molecular flexibility index (Phi) is 8.52. The van der Waals surface area contributed by atoms with Gasteiger partial charge in [0.15, 0.2) is 0 Å². The van der Waals surface area contributed by atoms with Crippen LogP contribution in [0.4, 0.5) is 5.69 Å². The molecule has 0 unspecified atom stereocenters. The first-order valence-electron chi connectivity index (χ1n) is 8.95. The van der Waals surface area contributed by atoms with Gasteiger partial charge in [-0.3, -0.25) is 9.10 Å². The summed E-state index contributed by atoms with van der Waals surface area (Å²) >= 11 is 18.1. The molecule has 5 nitrogen and oxygen atoms in total. The zero-order valence-electron chi connectivity index (χ0n) is 17.2. The predicted octanol–water partition coefficient (Wildman–Crippen LogP) is 5.52. The second-order valence-electron chi connectivity index (χ2n) is 8.83. The molecule has 0 aromatic heterocycles. The summed E-state index contributed by atoms with van der Waals surface area (Å²) in [5.74, 6) is -0.122. The highest BCUT2D eigenvalue weighted by Crippen LogP contribution is 2.35. The molecule has 0 aliphatic carbocycles. The minimum absolute atomic E-state index is 0.0778. The lowest BCUT2D eigenvalue weighted by Gasteiger charge is -2.33. The Bertz CT molecular complexity index is 818. The maximum Gasteiger partial charge on any atom is 0.232 e. The van der Waals surface area contributed by atoms with Crippen LogP contribution in [0.1, 0.15) is 53.9 Å². The van der Waals surface area contributed by atoms with Crippen LogP contribution < -0.4 is 9.62 Å². The molecule has 0 saturated heterocycles. The van der Waals surface area contributed by atoms with Crippen LogP contribution in [0.5, 0.6) is 0 Å². The van der Waals surface area contributed by atoms with E-state index >= 15 is 0 Å². The number of benzene rings is 1. The van der Waals surface area contributed by atoms with Gasteiger partial charge in [0.1, 0.15) is 0 Å². The van der Waals surface area contributed by atoms with Crippen molar-refractivity contribution >= 4 is 56.4 Å². The van der Waals surface area contributed by atoms with Crippen LogP contribution in [0.15, 0.2) is 12.1 Å². The van der Waals surface area contributed by atoms with Crippen LogP contribution in [0, 0.1) is 5.41 Å². The first kappa shape index (κ1) is 25.3. The van der Waals surface area contributed by atoms with Crippen molar-refractivity contribution in [2.75, 3.05) is 17.1 Å². The number of anilines is 1. The van der Waals surface area contributed by atoms with E-state index in [1.165, 1.54) is 12.1 Å². The molecule has 1 aromatic carbocycles. The summed E-state index contributed by atoms with van der Waals surface area (Å²) in [5, 5.41) is 3.64. The average Bonchev–Trinajstić information content (AvgIpc) is 2.43. The van der Waals surface area contributed by atoms with Crippen molar-refractivity contribution in [3.05, 3.63) is 27.2 Å². The Labute approximate surface area is 183 Å². The molecular formula is C19H29Cl3N2O3S. The fraction of sp³-hybridized carbons (Fsp3) is 0.632. The average molecular weight is 472 g/mol. The number of carbonyl (C=O) groups is 1. The Morgan fingerprint density at radius 3 is 2.07 bits per heavy atom. The van der Waals surface area contributed by atoms with Crippen molar-refractivity contribution < 1.29 is 13.2 Å². The van der Waals surface area contributed by atoms with E-state index in [1.807, 2.05) is 13.8 Å². The number of nitrogens with one attached hydrogen (secondary N) is 1. The number of sulfonamides is 1. The molecule has 28 heavy (non-hydrogen) atoms.